The molecule has 26 heavy (non-hydrogen) atoms. The van der Waals surface area contributed by atoms with Gasteiger partial charge < -0.3 is 25.3 Å². The number of hydrogen-bond acceptors (Lipinski definition) is 6. The van der Waals surface area contributed by atoms with E-state index >= 15 is 0 Å². The van der Waals surface area contributed by atoms with Crippen molar-refractivity contribution >= 4 is 40.4 Å². The van der Waals surface area contributed by atoms with Gasteiger partial charge in [0.1, 0.15) is 17.9 Å². The van der Waals surface area contributed by atoms with E-state index in [0.29, 0.717) is 10.9 Å². The van der Waals surface area contributed by atoms with Crippen LogP contribution in [0.15, 0.2) is 21.3 Å². The molecule has 0 fully saturated rings. The van der Waals surface area contributed by atoms with Crippen LogP contribution in [0.4, 0.5) is 0 Å². The van der Waals surface area contributed by atoms with E-state index in [0.717, 1.165) is 0 Å². The first-order chi connectivity index (χ1) is 12.2. The molecule has 10 heteroatoms. The summed E-state index contributed by atoms with van der Waals surface area (Å²) in [6.07, 6.45) is -0.338. The van der Waals surface area contributed by atoms with Crippen LogP contribution in [0.5, 0.6) is 5.75 Å². The first kappa shape index (κ1) is 19.3. The van der Waals surface area contributed by atoms with Gasteiger partial charge in [-0.1, -0.05) is 11.6 Å². The number of aryl methyl sites for hydroxylation is 1. The lowest BCUT2D eigenvalue weighted by atomic mass is 10.0. The van der Waals surface area contributed by atoms with Crippen molar-refractivity contribution in [2.24, 2.45) is 0 Å². The number of aliphatic carboxylic acids is 1. The summed E-state index contributed by atoms with van der Waals surface area (Å²) in [6.45, 7) is 0.619. The Balaban J connectivity index is 2.14. The maximum absolute atomic E-state index is 12.1. The number of nitrogens with one attached hydrogen (secondary N) is 2. The second kappa shape index (κ2) is 7.87. The first-order valence-corrected chi connectivity index (χ1v) is 7.76. The van der Waals surface area contributed by atoms with Gasteiger partial charge >= 0.3 is 11.6 Å². The molecule has 1 aromatic heterocycles. The van der Waals surface area contributed by atoms with Crippen molar-refractivity contribution in [3.8, 4) is 5.75 Å². The van der Waals surface area contributed by atoms with E-state index in [-0.39, 0.29) is 28.3 Å². The number of carbonyl (C=O) groups is 3. The molecule has 0 radical (unpaired) electrons. The molecule has 9 nitrogen and oxygen atoms in total. The molecular formula is C16H15ClN2O7. The van der Waals surface area contributed by atoms with Gasteiger partial charge in [-0.05, 0) is 18.6 Å². The summed E-state index contributed by atoms with van der Waals surface area (Å²) in [5, 5.41) is 22.9. The Kier molecular flexibility index (Phi) is 5.83. The zero-order valence-corrected chi connectivity index (χ0v) is 14.3. The van der Waals surface area contributed by atoms with Crippen molar-refractivity contribution in [2.75, 3.05) is 13.1 Å². The van der Waals surface area contributed by atoms with Gasteiger partial charge in [0, 0.05) is 11.5 Å². The Morgan fingerprint density at radius 3 is 2.46 bits per heavy atom. The lowest BCUT2D eigenvalue weighted by molar-refractivity contribution is -0.137. The van der Waals surface area contributed by atoms with E-state index in [2.05, 4.69) is 10.6 Å². The molecule has 2 amide bonds. The van der Waals surface area contributed by atoms with Crippen LogP contribution in [-0.2, 0) is 20.8 Å². The van der Waals surface area contributed by atoms with Gasteiger partial charge in [0.05, 0.1) is 23.6 Å². The number of phenolic OH excluding ortho intramolecular Hbond substituents is 1. The number of fused-ring (bicyclic) bond motifs is 1. The van der Waals surface area contributed by atoms with Crippen molar-refractivity contribution in [2.45, 2.75) is 13.3 Å². The molecule has 1 aromatic carbocycles. The minimum Gasteiger partial charge on any atom is -0.506 e. The lowest BCUT2D eigenvalue weighted by Gasteiger charge is -2.09. The van der Waals surface area contributed by atoms with Crippen molar-refractivity contribution in [3.63, 3.8) is 0 Å². The number of rotatable bonds is 6. The first-order valence-electron chi connectivity index (χ1n) is 7.39. The number of carboxylic acids is 1. The molecule has 0 aliphatic carbocycles. The SMILES string of the molecule is Cc1c(CC(=O)NCC(=O)NCC(=O)O)c(=O)oc2cc(O)c(Cl)cc12. The highest BCUT2D eigenvalue weighted by Gasteiger charge is 2.17. The number of hydrogen-bond donors (Lipinski definition) is 4. The number of aromatic hydroxyl groups is 1. The van der Waals surface area contributed by atoms with Crippen LogP contribution < -0.4 is 16.3 Å². The quantitative estimate of drug-likeness (QED) is 0.526. The van der Waals surface area contributed by atoms with Crippen LogP contribution in [0.1, 0.15) is 11.1 Å². The molecule has 0 bridgehead atoms. The van der Waals surface area contributed by atoms with E-state index in [1.54, 1.807) is 6.92 Å². The highest BCUT2D eigenvalue weighted by Crippen LogP contribution is 2.30. The number of halogens is 1. The summed E-state index contributed by atoms with van der Waals surface area (Å²) in [5.41, 5.74) is -0.0693. The minimum atomic E-state index is -1.21. The van der Waals surface area contributed by atoms with Gasteiger partial charge in [-0.3, -0.25) is 14.4 Å². The molecule has 4 N–H and O–H groups in total. The molecule has 0 aliphatic rings. The van der Waals surface area contributed by atoms with Gasteiger partial charge in [0.2, 0.25) is 11.8 Å². The Morgan fingerprint density at radius 1 is 1.15 bits per heavy atom. The molecule has 0 saturated heterocycles. The van der Waals surface area contributed by atoms with Crippen LogP contribution in [0.25, 0.3) is 11.0 Å². The number of carbonyl (C=O) groups excluding carboxylic acids is 2. The predicted octanol–water partition coefficient (Wildman–Crippen LogP) is 0.320. The fourth-order valence-corrected chi connectivity index (χ4v) is 2.40. The van der Waals surface area contributed by atoms with Gasteiger partial charge in [-0.25, -0.2) is 4.79 Å². The van der Waals surface area contributed by atoms with E-state index in [1.165, 1.54) is 12.1 Å². The van der Waals surface area contributed by atoms with Crippen LogP contribution in [0.2, 0.25) is 5.02 Å². The third kappa shape index (κ3) is 4.51. The maximum atomic E-state index is 12.1. The number of carboxylic acid groups (broad SMARTS) is 1. The summed E-state index contributed by atoms with van der Waals surface area (Å²) in [4.78, 5) is 45.8. The molecule has 2 aromatic rings. The Hall–Kier alpha value is -3.07. The van der Waals surface area contributed by atoms with Crippen LogP contribution in [0, 0.1) is 6.92 Å². The normalized spacial score (nSPS) is 10.5. The zero-order valence-electron chi connectivity index (χ0n) is 13.6. The summed E-state index contributed by atoms with van der Waals surface area (Å²) >= 11 is 5.86. The third-order valence-electron chi connectivity index (χ3n) is 3.57. The molecule has 1 heterocycles. The number of amides is 2. The third-order valence-corrected chi connectivity index (χ3v) is 3.88. The summed E-state index contributed by atoms with van der Waals surface area (Å²) in [6, 6.07) is 2.63. The van der Waals surface area contributed by atoms with E-state index in [1.807, 2.05) is 0 Å². The Labute approximate surface area is 151 Å². The summed E-state index contributed by atoms with van der Waals surface area (Å²) < 4.78 is 5.10. The van der Waals surface area contributed by atoms with Crippen LogP contribution in [-0.4, -0.2) is 41.1 Å². The Bertz CT molecular complexity index is 952. The standard InChI is InChI=1S/C16H15ClN2O7/c1-7-8-2-10(17)11(20)4-12(8)26-16(25)9(7)3-13(21)18-5-14(22)19-6-15(23)24/h2,4,20H,3,5-6H2,1H3,(H,18,21)(H,19,22)(H,23,24). The van der Waals surface area contributed by atoms with Crippen LogP contribution in [0.3, 0.4) is 0 Å². The van der Waals surface area contributed by atoms with E-state index in [4.69, 9.17) is 21.1 Å². The molecule has 0 saturated carbocycles. The van der Waals surface area contributed by atoms with Crippen molar-refractivity contribution in [1.29, 1.82) is 0 Å². The average molecular weight is 383 g/mol. The van der Waals surface area contributed by atoms with Crippen molar-refractivity contribution in [3.05, 3.63) is 38.7 Å². The van der Waals surface area contributed by atoms with Crippen molar-refractivity contribution < 1.29 is 29.0 Å². The second-order valence-corrected chi connectivity index (χ2v) is 5.82. The predicted molar refractivity (Wildman–Crippen MR) is 91.3 cm³/mol. The molecule has 0 atom stereocenters. The molecule has 0 spiro atoms. The largest absolute Gasteiger partial charge is 0.506 e. The van der Waals surface area contributed by atoms with Gasteiger partial charge in [-0.2, -0.15) is 0 Å². The van der Waals surface area contributed by atoms with Gasteiger partial charge in [-0.15, -0.1) is 0 Å². The highest BCUT2D eigenvalue weighted by molar-refractivity contribution is 6.32. The van der Waals surface area contributed by atoms with Gasteiger partial charge in [0.25, 0.3) is 0 Å². The number of phenols is 1. The van der Waals surface area contributed by atoms with Crippen LogP contribution >= 0.6 is 11.6 Å². The van der Waals surface area contributed by atoms with E-state index in [9.17, 15) is 24.3 Å². The fourth-order valence-electron chi connectivity index (χ4n) is 2.24. The highest BCUT2D eigenvalue weighted by atomic mass is 35.5. The molecule has 2 rings (SSSR count). The second-order valence-electron chi connectivity index (χ2n) is 5.42. The molecule has 0 aliphatic heterocycles. The number of benzene rings is 1. The van der Waals surface area contributed by atoms with Gasteiger partial charge in [0.15, 0.2) is 0 Å². The monoisotopic (exact) mass is 382 g/mol. The Morgan fingerprint density at radius 2 is 1.81 bits per heavy atom. The zero-order chi connectivity index (χ0) is 19.4. The minimum absolute atomic E-state index is 0.0694. The molecule has 0 unspecified atom stereocenters. The average Bonchev–Trinajstić information content (AvgIpc) is 2.57. The fraction of sp³-hybridized carbons (Fsp3) is 0.250. The summed E-state index contributed by atoms with van der Waals surface area (Å²) in [7, 11) is 0. The maximum Gasteiger partial charge on any atom is 0.340 e. The molecular weight excluding hydrogens is 368 g/mol. The molecule has 138 valence electrons. The lowest BCUT2D eigenvalue weighted by Crippen LogP contribution is -2.39. The summed E-state index contributed by atoms with van der Waals surface area (Å²) in [5.74, 6) is -2.74. The van der Waals surface area contributed by atoms with Crippen molar-refractivity contribution in [1.82, 2.24) is 10.6 Å². The smallest absolute Gasteiger partial charge is 0.340 e. The van der Waals surface area contributed by atoms with E-state index < -0.39 is 36.5 Å². The topological polar surface area (TPSA) is 146 Å².